The van der Waals surface area contributed by atoms with E-state index in [0.29, 0.717) is 12.0 Å². The lowest BCUT2D eigenvalue weighted by Crippen LogP contribution is -2.14. The Hall–Kier alpha value is -2.82. The molecule has 21 heavy (non-hydrogen) atoms. The van der Waals surface area contributed by atoms with Crippen LogP contribution in [0.3, 0.4) is 0 Å². The third-order valence-electron chi connectivity index (χ3n) is 3.26. The molecule has 3 rings (SSSR count). The smallest absolute Gasteiger partial charge is 0.249 e. The molecule has 5 heteroatoms. The molecule has 0 aliphatic carbocycles. The van der Waals surface area contributed by atoms with E-state index < -0.39 is 5.91 Å². The number of halogens is 1. The molecule has 1 amide bonds. The molecule has 2 heterocycles. The van der Waals surface area contributed by atoms with Crippen molar-refractivity contribution in [1.29, 1.82) is 0 Å². The third-order valence-corrected chi connectivity index (χ3v) is 3.26. The first-order chi connectivity index (χ1) is 10.1. The molecule has 0 aliphatic heterocycles. The fraction of sp³-hybridized carbons (Fsp3) is 0.0625. The second-order valence-corrected chi connectivity index (χ2v) is 4.75. The van der Waals surface area contributed by atoms with Gasteiger partial charge in [0.25, 0.3) is 0 Å². The minimum Gasteiger partial charge on any atom is -0.366 e. The number of hydrogen-bond donors (Lipinski definition) is 1. The van der Waals surface area contributed by atoms with Crippen molar-refractivity contribution in [2.45, 2.75) is 6.42 Å². The zero-order valence-electron chi connectivity index (χ0n) is 11.1. The molecule has 0 spiro atoms. The normalized spacial score (nSPS) is 10.7. The van der Waals surface area contributed by atoms with Crippen LogP contribution in [0.5, 0.6) is 0 Å². The van der Waals surface area contributed by atoms with Gasteiger partial charge in [-0.15, -0.1) is 0 Å². The van der Waals surface area contributed by atoms with Gasteiger partial charge in [-0.1, -0.05) is 0 Å². The van der Waals surface area contributed by atoms with Gasteiger partial charge in [-0.3, -0.25) is 14.8 Å². The summed E-state index contributed by atoms with van der Waals surface area (Å²) in [5.41, 5.74) is 8.09. The molecule has 2 aromatic heterocycles. The van der Waals surface area contributed by atoms with Gasteiger partial charge in [-0.2, -0.15) is 0 Å². The van der Waals surface area contributed by atoms with Crippen LogP contribution < -0.4 is 5.73 Å². The Balaban J connectivity index is 2.00. The number of carbonyl (C=O) groups is 1. The molecule has 0 bridgehead atoms. The average Bonchev–Trinajstić information content (AvgIpc) is 2.47. The first-order valence-electron chi connectivity index (χ1n) is 6.40. The lowest BCUT2D eigenvalue weighted by Gasteiger charge is -2.07. The summed E-state index contributed by atoms with van der Waals surface area (Å²) in [5, 5.41) is 0.719. The number of rotatable bonds is 3. The number of nitrogens with two attached hydrogens (primary N) is 1. The summed E-state index contributed by atoms with van der Waals surface area (Å²) in [6.45, 7) is 0. The first kappa shape index (κ1) is 13.2. The topological polar surface area (TPSA) is 68.9 Å². The molecule has 2 N–H and O–H groups in total. The number of nitrogens with zero attached hydrogens (tertiary/aromatic N) is 2. The van der Waals surface area contributed by atoms with Crippen molar-refractivity contribution in [3.63, 3.8) is 0 Å². The van der Waals surface area contributed by atoms with E-state index in [-0.39, 0.29) is 5.82 Å². The Morgan fingerprint density at radius 3 is 2.86 bits per heavy atom. The molecule has 0 unspecified atom stereocenters. The van der Waals surface area contributed by atoms with Gasteiger partial charge < -0.3 is 5.73 Å². The Morgan fingerprint density at radius 2 is 2.05 bits per heavy atom. The number of aromatic nitrogens is 2. The highest BCUT2D eigenvalue weighted by Crippen LogP contribution is 2.18. The van der Waals surface area contributed by atoms with Crippen LogP contribution in [0.2, 0.25) is 0 Å². The largest absolute Gasteiger partial charge is 0.366 e. The van der Waals surface area contributed by atoms with Crippen molar-refractivity contribution < 1.29 is 9.18 Å². The van der Waals surface area contributed by atoms with Gasteiger partial charge in [-0.25, -0.2) is 4.39 Å². The zero-order chi connectivity index (χ0) is 14.8. The molecule has 3 aromatic rings. The minimum atomic E-state index is -0.493. The van der Waals surface area contributed by atoms with Crippen LogP contribution >= 0.6 is 0 Å². The predicted molar refractivity (Wildman–Crippen MR) is 77.3 cm³/mol. The van der Waals surface area contributed by atoms with Crippen molar-refractivity contribution in [2.24, 2.45) is 5.73 Å². The molecule has 0 atom stereocenters. The van der Waals surface area contributed by atoms with Gasteiger partial charge in [0.1, 0.15) is 5.82 Å². The number of benzene rings is 1. The summed E-state index contributed by atoms with van der Waals surface area (Å²) in [6, 6.07) is 7.88. The van der Waals surface area contributed by atoms with Crippen LogP contribution in [-0.2, 0) is 6.42 Å². The van der Waals surface area contributed by atoms with Gasteiger partial charge >= 0.3 is 0 Å². The second kappa shape index (κ2) is 5.28. The van der Waals surface area contributed by atoms with Crippen molar-refractivity contribution in [1.82, 2.24) is 9.97 Å². The molecule has 0 aliphatic rings. The zero-order valence-corrected chi connectivity index (χ0v) is 11.1. The number of fused-ring (bicyclic) bond motifs is 1. The van der Waals surface area contributed by atoms with E-state index in [2.05, 4.69) is 9.97 Å². The fourth-order valence-corrected chi connectivity index (χ4v) is 2.27. The Labute approximate surface area is 120 Å². The van der Waals surface area contributed by atoms with Crippen molar-refractivity contribution in [2.75, 3.05) is 0 Å². The van der Waals surface area contributed by atoms with E-state index in [9.17, 15) is 9.18 Å². The monoisotopic (exact) mass is 281 g/mol. The van der Waals surface area contributed by atoms with Crippen LogP contribution in [-0.4, -0.2) is 15.9 Å². The Kier molecular flexibility index (Phi) is 3.31. The van der Waals surface area contributed by atoms with Gasteiger partial charge in [0.2, 0.25) is 5.91 Å². The highest BCUT2D eigenvalue weighted by atomic mass is 19.1. The van der Waals surface area contributed by atoms with E-state index in [0.717, 1.165) is 22.0 Å². The summed E-state index contributed by atoms with van der Waals surface area (Å²) in [7, 11) is 0. The predicted octanol–water partition coefficient (Wildman–Crippen LogP) is 2.46. The minimum absolute atomic E-state index is 0.305. The van der Waals surface area contributed by atoms with Gasteiger partial charge in [0.15, 0.2) is 0 Å². The van der Waals surface area contributed by atoms with Crippen molar-refractivity contribution in [3.8, 4) is 0 Å². The van der Waals surface area contributed by atoms with E-state index in [1.54, 1.807) is 24.5 Å². The first-order valence-corrected chi connectivity index (χ1v) is 6.40. The lowest BCUT2D eigenvalue weighted by molar-refractivity contribution is 0.0999. The maximum atomic E-state index is 13.3. The number of carbonyl (C=O) groups excluding carboxylic acids is 1. The average molecular weight is 281 g/mol. The van der Waals surface area contributed by atoms with E-state index >= 15 is 0 Å². The van der Waals surface area contributed by atoms with Gasteiger partial charge in [-0.05, 0) is 41.5 Å². The highest BCUT2D eigenvalue weighted by molar-refractivity contribution is 5.94. The molecular weight excluding hydrogens is 269 g/mol. The summed E-state index contributed by atoms with van der Waals surface area (Å²) in [4.78, 5) is 19.7. The van der Waals surface area contributed by atoms with E-state index in [1.165, 1.54) is 18.3 Å². The number of amides is 1. The summed E-state index contributed by atoms with van der Waals surface area (Å²) in [5.74, 6) is -0.798. The maximum absolute atomic E-state index is 13.3. The van der Waals surface area contributed by atoms with Crippen molar-refractivity contribution in [3.05, 3.63) is 71.4 Å². The van der Waals surface area contributed by atoms with E-state index in [1.807, 2.05) is 6.07 Å². The fourth-order valence-electron chi connectivity index (χ4n) is 2.27. The number of pyridine rings is 2. The maximum Gasteiger partial charge on any atom is 0.249 e. The Morgan fingerprint density at radius 1 is 1.19 bits per heavy atom. The SMILES string of the molecule is NC(=O)c1ccncc1Cc1cnc2ccc(F)cc2c1. The molecule has 0 saturated carbocycles. The lowest BCUT2D eigenvalue weighted by atomic mass is 10.0. The van der Waals surface area contributed by atoms with E-state index in [4.69, 9.17) is 5.73 Å². The molecule has 0 radical (unpaired) electrons. The van der Waals surface area contributed by atoms with Crippen LogP contribution in [0.1, 0.15) is 21.5 Å². The van der Waals surface area contributed by atoms with Crippen LogP contribution in [0.25, 0.3) is 10.9 Å². The molecule has 0 fully saturated rings. The standard InChI is InChI=1S/C16H12FN3O/c17-13-1-2-15-11(7-13)5-10(8-20-15)6-12-9-19-4-3-14(12)16(18)21/h1-5,7-9H,6H2,(H2,18,21). The van der Waals surface area contributed by atoms with Crippen molar-refractivity contribution >= 4 is 16.8 Å². The quantitative estimate of drug-likeness (QED) is 0.801. The van der Waals surface area contributed by atoms with Crippen LogP contribution in [0.15, 0.2) is 48.9 Å². The molecule has 0 saturated heterocycles. The summed E-state index contributed by atoms with van der Waals surface area (Å²) in [6.07, 6.45) is 5.30. The second-order valence-electron chi connectivity index (χ2n) is 4.75. The molecule has 1 aromatic carbocycles. The summed E-state index contributed by atoms with van der Waals surface area (Å²) >= 11 is 0. The molecule has 104 valence electrons. The van der Waals surface area contributed by atoms with Crippen LogP contribution in [0, 0.1) is 5.82 Å². The van der Waals surface area contributed by atoms with Gasteiger partial charge in [0, 0.05) is 36.0 Å². The highest BCUT2D eigenvalue weighted by Gasteiger charge is 2.09. The summed E-state index contributed by atoms with van der Waals surface area (Å²) < 4.78 is 13.3. The third kappa shape index (κ3) is 2.72. The molecule has 4 nitrogen and oxygen atoms in total. The number of hydrogen-bond acceptors (Lipinski definition) is 3. The number of primary amides is 1. The Bertz CT molecular complexity index is 833. The molecular formula is C16H12FN3O. The van der Waals surface area contributed by atoms with Crippen LogP contribution in [0.4, 0.5) is 4.39 Å². The van der Waals surface area contributed by atoms with Gasteiger partial charge in [0.05, 0.1) is 5.52 Å².